The van der Waals surface area contributed by atoms with Gasteiger partial charge in [0.1, 0.15) is 17.2 Å². The van der Waals surface area contributed by atoms with Gasteiger partial charge in [0.05, 0.1) is 5.39 Å². The Morgan fingerprint density at radius 1 is 1.39 bits per heavy atom. The second-order valence-corrected chi connectivity index (χ2v) is 4.80. The van der Waals surface area contributed by atoms with E-state index in [2.05, 4.69) is 15.3 Å². The third kappa shape index (κ3) is 2.81. The smallest absolute Gasteiger partial charge is 0.368 e. The summed E-state index contributed by atoms with van der Waals surface area (Å²) in [4.78, 5) is 9.46. The molecule has 2 heterocycles. The lowest BCUT2D eigenvalue weighted by atomic mass is 10.3. The number of fused-ring (bicyclic) bond motifs is 1. The van der Waals surface area contributed by atoms with Gasteiger partial charge in [-0.25, -0.2) is 4.98 Å². The van der Waals surface area contributed by atoms with Crippen molar-refractivity contribution in [1.29, 1.82) is 0 Å². The van der Waals surface area contributed by atoms with E-state index in [0.717, 1.165) is 11.3 Å². The minimum atomic E-state index is -4.30. The first kappa shape index (κ1) is 12.9. The first-order chi connectivity index (χ1) is 8.39. The molecule has 2 rings (SSSR count). The fourth-order valence-electron chi connectivity index (χ4n) is 1.48. The Morgan fingerprint density at radius 2 is 2.11 bits per heavy atom. The van der Waals surface area contributed by atoms with Gasteiger partial charge in [0, 0.05) is 4.88 Å². The lowest BCUT2D eigenvalue weighted by Gasteiger charge is -2.09. The number of anilines is 2. The van der Waals surface area contributed by atoms with Crippen LogP contribution in [0.5, 0.6) is 0 Å². The number of rotatable bonds is 3. The van der Waals surface area contributed by atoms with E-state index in [1.807, 2.05) is 6.92 Å². The molecular formula is C10H11F3N4S. The molecule has 0 atom stereocenters. The van der Waals surface area contributed by atoms with E-state index < -0.39 is 12.7 Å². The zero-order chi connectivity index (χ0) is 13.3. The largest absolute Gasteiger partial charge is 0.405 e. The molecule has 2 aromatic heterocycles. The van der Waals surface area contributed by atoms with Gasteiger partial charge in [-0.05, 0) is 12.5 Å². The Kier molecular flexibility index (Phi) is 3.29. The van der Waals surface area contributed by atoms with E-state index >= 15 is 0 Å². The van der Waals surface area contributed by atoms with E-state index in [9.17, 15) is 13.2 Å². The summed E-state index contributed by atoms with van der Waals surface area (Å²) >= 11 is 1.41. The minimum absolute atomic E-state index is 0.0309. The Bertz CT molecular complexity index is 564. The maximum absolute atomic E-state index is 12.2. The number of alkyl halides is 3. The van der Waals surface area contributed by atoms with Gasteiger partial charge < -0.3 is 11.1 Å². The zero-order valence-corrected chi connectivity index (χ0v) is 10.3. The maximum atomic E-state index is 12.2. The lowest BCUT2D eigenvalue weighted by Crippen LogP contribution is -2.22. The summed E-state index contributed by atoms with van der Waals surface area (Å²) in [6.07, 6.45) is -3.50. The van der Waals surface area contributed by atoms with Gasteiger partial charge in [-0.15, -0.1) is 11.3 Å². The molecule has 0 saturated heterocycles. The van der Waals surface area contributed by atoms with Crippen molar-refractivity contribution in [2.75, 3.05) is 17.6 Å². The van der Waals surface area contributed by atoms with E-state index in [1.54, 1.807) is 6.07 Å². The molecule has 0 aliphatic carbocycles. The highest BCUT2D eigenvalue weighted by atomic mass is 32.1. The molecule has 0 fully saturated rings. The van der Waals surface area contributed by atoms with Gasteiger partial charge in [-0.2, -0.15) is 18.2 Å². The van der Waals surface area contributed by atoms with Crippen LogP contribution in [-0.2, 0) is 6.42 Å². The second-order valence-electron chi connectivity index (χ2n) is 3.68. The molecule has 0 radical (unpaired) electrons. The van der Waals surface area contributed by atoms with Gasteiger partial charge in [0.15, 0.2) is 0 Å². The normalized spacial score (nSPS) is 12.0. The fraction of sp³-hybridized carbons (Fsp3) is 0.400. The first-order valence-electron chi connectivity index (χ1n) is 5.25. The monoisotopic (exact) mass is 276 g/mol. The highest BCUT2D eigenvalue weighted by Gasteiger charge is 2.27. The molecule has 0 unspecified atom stereocenters. The van der Waals surface area contributed by atoms with Crippen molar-refractivity contribution in [1.82, 2.24) is 9.97 Å². The predicted molar refractivity (Wildman–Crippen MR) is 65.8 cm³/mol. The van der Waals surface area contributed by atoms with Crippen molar-refractivity contribution in [3.63, 3.8) is 0 Å². The maximum Gasteiger partial charge on any atom is 0.405 e. The van der Waals surface area contributed by atoms with Crippen molar-refractivity contribution in [2.24, 2.45) is 0 Å². The molecule has 98 valence electrons. The summed E-state index contributed by atoms with van der Waals surface area (Å²) in [5, 5.41) is 2.84. The third-order valence-electron chi connectivity index (χ3n) is 2.27. The van der Waals surface area contributed by atoms with Crippen molar-refractivity contribution < 1.29 is 13.2 Å². The Hall–Kier alpha value is -1.57. The number of hydrogen-bond acceptors (Lipinski definition) is 5. The Labute approximate surface area is 105 Å². The van der Waals surface area contributed by atoms with Crippen LogP contribution < -0.4 is 11.1 Å². The van der Waals surface area contributed by atoms with Crippen LogP contribution in [-0.4, -0.2) is 22.7 Å². The number of thiophene rings is 1. The molecule has 18 heavy (non-hydrogen) atoms. The average Bonchev–Trinajstić information content (AvgIpc) is 2.67. The minimum Gasteiger partial charge on any atom is -0.368 e. The Morgan fingerprint density at radius 3 is 2.72 bits per heavy atom. The molecule has 0 spiro atoms. The Balaban J connectivity index is 2.39. The lowest BCUT2D eigenvalue weighted by molar-refractivity contribution is -0.115. The first-order valence-corrected chi connectivity index (χ1v) is 6.07. The van der Waals surface area contributed by atoms with Gasteiger partial charge in [0.25, 0.3) is 0 Å². The topological polar surface area (TPSA) is 63.8 Å². The summed E-state index contributed by atoms with van der Waals surface area (Å²) in [5.74, 6) is 0.0995. The second kappa shape index (κ2) is 4.60. The molecule has 0 aromatic carbocycles. The van der Waals surface area contributed by atoms with Crippen LogP contribution in [0.3, 0.4) is 0 Å². The predicted octanol–water partition coefficient (Wildman–Crippen LogP) is 2.81. The molecule has 0 aliphatic heterocycles. The van der Waals surface area contributed by atoms with E-state index in [1.165, 1.54) is 11.3 Å². The fourth-order valence-corrected chi connectivity index (χ4v) is 2.45. The SMILES string of the molecule is CCc1cc2c(NCC(F)(F)F)nc(N)nc2s1. The third-order valence-corrected chi connectivity index (χ3v) is 3.44. The summed E-state index contributed by atoms with van der Waals surface area (Å²) in [6.45, 7) is 0.820. The number of aryl methyl sites for hydroxylation is 1. The molecule has 0 aliphatic rings. The van der Waals surface area contributed by atoms with Gasteiger partial charge in [0.2, 0.25) is 5.95 Å². The molecule has 0 amide bonds. The summed E-state index contributed by atoms with van der Waals surface area (Å²) in [6, 6.07) is 1.79. The van der Waals surface area contributed by atoms with Crippen molar-refractivity contribution >= 4 is 33.3 Å². The number of aromatic nitrogens is 2. The van der Waals surface area contributed by atoms with Gasteiger partial charge in [-0.3, -0.25) is 0 Å². The number of nitrogens with zero attached hydrogens (tertiary/aromatic N) is 2. The van der Waals surface area contributed by atoms with Crippen LogP contribution in [0.1, 0.15) is 11.8 Å². The van der Waals surface area contributed by atoms with Crippen molar-refractivity contribution in [3.05, 3.63) is 10.9 Å². The van der Waals surface area contributed by atoms with Crippen LogP contribution in [0, 0.1) is 0 Å². The van der Waals surface area contributed by atoms with Crippen LogP contribution >= 0.6 is 11.3 Å². The summed E-state index contributed by atoms with van der Waals surface area (Å²) in [7, 11) is 0. The number of nitrogen functional groups attached to an aromatic ring is 1. The van der Waals surface area contributed by atoms with Crippen LogP contribution in [0.4, 0.5) is 24.9 Å². The molecular weight excluding hydrogens is 265 g/mol. The van der Waals surface area contributed by atoms with E-state index in [0.29, 0.717) is 10.2 Å². The molecule has 8 heteroatoms. The average molecular weight is 276 g/mol. The summed E-state index contributed by atoms with van der Waals surface area (Å²) < 4.78 is 36.5. The number of hydrogen-bond donors (Lipinski definition) is 2. The van der Waals surface area contributed by atoms with Crippen molar-refractivity contribution in [3.8, 4) is 0 Å². The van der Waals surface area contributed by atoms with Crippen LogP contribution in [0.25, 0.3) is 10.2 Å². The van der Waals surface area contributed by atoms with E-state index in [-0.39, 0.29) is 11.8 Å². The van der Waals surface area contributed by atoms with Crippen LogP contribution in [0.15, 0.2) is 6.07 Å². The molecule has 0 bridgehead atoms. The standard InChI is InChI=1S/C10H11F3N4S/c1-2-5-3-6-7(15-4-10(11,12)13)16-9(14)17-8(6)18-5/h3H,2,4H2,1H3,(H3,14,15,16,17). The highest BCUT2D eigenvalue weighted by molar-refractivity contribution is 7.18. The number of nitrogens with two attached hydrogens (primary N) is 1. The quantitative estimate of drug-likeness (QED) is 0.904. The molecule has 2 aromatic rings. The van der Waals surface area contributed by atoms with Gasteiger partial charge >= 0.3 is 6.18 Å². The van der Waals surface area contributed by atoms with Crippen LogP contribution in [0.2, 0.25) is 0 Å². The van der Waals surface area contributed by atoms with Crippen molar-refractivity contribution in [2.45, 2.75) is 19.5 Å². The highest BCUT2D eigenvalue weighted by Crippen LogP contribution is 2.30. The summed E-state index contributed by atoms with van der Waals surface area (Å²) in [5.41, 5.74) is 5.48. The number of nitrogens with one attached hydrogen (secondary N) is 1. The zero-order valence-electron chi connectivity index (χ0n) is 9.51. The van der Waals surface area contributed by atoms with Gasteiger partial charge in [-0.1, -0.05) is 6.92 Å². The van der Waals surface area contributed by atoms with E-state index in [4.69, 9.17) is 5.73 Å². The molecule has 3 N–H and O–H groups in total. The number of halogens is 3. The molecule has 0 saturated carbocycles. The molecule has 4 nitrogen and oxygen atoms in total.